The molecule has 1 saturated heterocycles. The highest BCUT2D eigenvalue weighted by Gasteiger charge is 2.29. The summed E-state index contributed by atoms with van der Waals surface area (Å²) in [7, 11) is 1.66. The average Bonchev–Trinajstić information content (AvgIpc) is 3.46. The average molecular weight is 441 g/mol. The van der Waals surface area contributed by atoms with Crippen LogP contribution in [0.4, 0.5) is 0 Å². The number of aryl methyl sites for hydroxylation is 1. The third-order valence-electron chi connectivity index (χ3n) is 6.45. The fraction of sp³-hybridized carbons (Fsp3) is 0.259. The molecule has 4 aromatic rings. The van der Waals surface area contributed by atoms with Gasteiger partial charge in [0, 0.05) is 35.4 Å². The van der Waals surface area contributed by atoms with Crippen molar-refractivity contribution in [3.8, 4) is 11.4 Å². The van der Waals surface area contributed by atoms with Crippen LogP contribution in [0.3, 0.4) is 0 Å². The minimum atomic E-state index is -0.00116. The lowest BCUT2D eigenvalue weighted by molar-refractivity contribution is -0.130. The Morgan fingerprint density at radius 2 is 2.06 bits per heavy atom. The quantitative estimate of drug-likeness (QED) is 0.421. The zero-order valence-electron chi connectivity index (χ0n) is 19.2. The number of aromatic amines is 1. The highest BCUT2D eigenvalue weighted by molar-refractivity contribution is 5.99. The largest absolute Gasteiger partial charge is 0.495 e. The topological polar surface area (TPSA) is 63.1 Å². The van der Waals surface area contributed by atoms with E-state index < -0.39 is 0 Å². The third kappa shape index (κ3) is 3.93. The van der Waals surface area contributed by atoms with Gasteiger partial charge in [0.15, 0.2) is 0 Å². The number of fused-ring (bicyclic) bond motifs is 1. The van der Waals surface area contributed by atoms with Gasteiger partial charge in [0.25, 0.3) is 0 Å². The van der Waals surface area contributed by atoms with E-state index in [1.54, 1.807) is 13.4 Å². The Bertz CT molecular complexity index is 1350. The molecule has 168 valence electrons. The number of nitrogens with zero attached hydrogens (tertiary/aromatic N) is 3. The van der Waals surface area contributed by atoms with Crippen LogP contribution in [0.25, 0.3) is 22.7 Å². The van der Waals surface area contributed by atoms with Gasteiger partial charge in [0.1, 0.15) is 5.75 Å². The number of nitrogens with one attached hydrogen (secondary N) is 1. The number of carbonyl (C=O) groups excluding carboxylic acids is 1. The molecular weight excluding hydrogens is 412 g/mol. The lowest BCUT2D eigenvalue weighted by Crippen LogP contribution is -2.38. The molecule has 0 aliphatic carbocycles. The Morgan fingerprint density at radius 1 is 1.21 bits per heavy atom. The van der Waals surface area contributed by atoms with Gasteiger partial charge in [0.05, 0.1) is 30.9 Å². The van der Waals surface area contributed by atoms with E-state index in [1.165, 1.54) is 5.39 Å². The molecule has 1 aliphatic heterocycles. The van der Waals surface area contributed by atoms with E-state index in [0.29, 0.717) is 0 Å². The normalized spacial score (nSPS) is 16.5. The monoisotopic (exact) mass is 440 g/mol. The van der Waals surface area contributed by atoms with Crippen LogP contribution < -0.4 is 4.74 Å². The van der Waals surface area contributed by atoms with Crippen molar-refractivity contribution in [3.05, 3.63) is 83.6 Å². The van der Waals surface area contributed by atoms with Gasteiger partial charge >= 0.3 is 0 Å². The Balaban J connectivity index is 1.42. The number of carbonyl (C=O) groups is 1. The molecule has 2 aromatic carbocycles. The smallest absolute Gasteiger partial charge is 0.250 e. The minimum Gasteiger partial charge on any atom is -0.495 e. The minimum absolute atomic E-state index is 0.00116. The van der Waals surface area contributed by atoms with Crippen molar-refractivity contribution >= 4 is 22.9 Å². The number of ether oxygens (including phenoxy) is 1. The van der Waals surface area contributed by atoms with Gasteiger partial charge in [0.2, 0.25) is 5.91 Å². The molecule has 0 saturated carbocycles. The Labute approximate surface area is 193 Å². The Kier molecular flexibility index (Phi) is 5.50. The number of hydrogen-bond acceptors (Lipinski definition) is 3. The summed E-state index contributed by atoms with van der Waals surface area (Å²) in [6.07, 6.45) is 9.50. The number of hydrogen-bond donors (Lipinski definition) is 1. The molecule has 1 amide bonds. The molecule has 1 aliphatic rings. The number of H-pyrrole nitrogens is 1. The molecule has 1 atom stereocenters. The van der Waals surface area contributed by atoms with Gasteiger partial charge in [-0.25, -0.2) is 4.98 Å². The molecule has 0 radical (unpaired) electrons. The standard InChI is InChI=1S/C27H28N4O2/c1-18-16-30(17-29-18)25-11-10-20(14-26(25)33-3)13-21-7-6-12-31(27(21)32)19(2)23-15-28-24-9-5-4-8-22(23)24/h4-5,8-11,13-17,19,28H,6-7,12H2,1-3H3/t19-/m0/s1. The van der Waals surface area contributed by atoms with Crippen molar-refractivity contribution in [2.24, 2.45) is 0 Å². The van der Waals surface area contributed by atoms with Gasteiger partial charge < -0.3 is 19.2 Å². The predicted octanol–water partition coefficient (Wildman–Crippen LogP) is 5.44. The van der Waals surface area contributed by atoms with Crippen LogP contribution in [-0.2, 0) is 4.79 Å². The van der Waals surface area contributed by atoms with E-state index in [0.717, 1.165) is 58.7 Å². The number of aromatic nitrogens is 3. The van der Waals surface area contributed by atoms with E-state index in [2.05, 4.69) is 29.0 Å². The van der Waals surface area contributed by atoms with Crippen LogP contribution in [0.2, 0.25) is 0 Å². The number of likely N-dealkylation sites (tertiary alicyclic amines) is 1. The highest BCUT2D eigenvalue weighted by atomic mass is 16.5. The summed E-state index contributed by atoms with van der Waals surface area (Å²) in [5.41, 5.74) is 5.91. The summed E-state index contributed by atoms with van der Waals surface area (Å²) >= 11 is 0. The number of amides is 1. The maximum Gasteiger partial charge on any atom is 0.250 e. The summed E-state index contributed by atoms with van der Waals surface area (Å²) in [6.45, 7) is 4.83. The van der Waals surface area contributed by atoms with Gasteiger partial charge in [-0.15, -0.1) is 0 Å². The van der Waals surface area contributed by atoms with Gasteiger partial charge in [-0.05, 0) is 62.1 Å². The Morgan fingerprint density at radius 3 is 2.85 bits per heavy atom. The lowest BCUT2D eigenvalue weighted by atomic mass is 9.97. The zero-order chi connectivity index (χ0) is 22.9. The maximum absolute atomic E-state index is 13.5. The molecule has 1 N–H and O–H groups in total. The maximum atomic E-state index is 13.5. The number of para-hydroxylation sites is 1. The summed E-state index contributed by atoms with van der Waals surface area (Å²) in [5, 5.41) is 1.17. The zero-order valence-corrected chi connectivity index (χ0v) is 19.2. The van der Waals surface area contributed by atoms with Crippen molar-refractivity contribution in [3.63, 3.8) is 0 Å². The second-order valence-corrected chi connectivity index (χ2v) is 8.59. The first-order chi connectivity index (χ1) is 16.0. The lowest BCUT2D eigenvalue weighted by Gasteiger charge is -2.34. The van der Waals surface area contributed by atoms with Gasteiger partial charge in [-0.2, -0.15) is 0 Å². The van der Waals surface area contributed by atoms with Crippen molar-refractivity contribution in [1.82, 2.24) is 19.4 Å². The van der Waals surface area contributed by atoms with Crippen molar-refractivity contribution in [1.29, 1.82) is 0 Å². The fourth-order valence-corrected chi connectivity index (χ4v) is 4.70. The molecule has 5 rings (SSSR count). The number of benzene rings is 2. The summed E-state index contributed by atoms with van der Waals surface area (Å²) in [5.74, 6) is 0.848. The number of methoxy groups -OCH3 is 1. The van der Waals surface area contributed by atoms with Crippen LogP contribution in [0.1, 0.15) is 42.6 Å². The Hall–Kier alpha value is -3.80. The molecule has 2 aromatic heterocycles. The van der Waals surface area contributed by atoms with E-state index >= 15 is 0 Å². The molecule has 6 nitrogen and oxygen atoms in total. The number of imidazole rings is 1. The van der Waals surface area contributed by atoms with Crippen LogP contribution in [-0.4, -0.2) is 39.0 Å². The number of piperidine rings is 1. The molecule has 0 bridgehead atoms. The second-order valence-electron chi connectivity index (χ2n) is 8.59. The first-order valence-corrected chi connectivity index (χ1v) is 11.3. The van der Waals surface area contributed by atoms with E-state index in [4.69, 9.17) is 4.74 Å². The first-order valence-electron chi connectivity index (χ1n) is 11.3. The summed E-state index contributed by atoms with van der Waals surface area (Å²) in [4.78, 5) is 23.1. The van der Waals surface area contributed by atoms with E-state index in [9.17, 15) is 4.79 Å². The van der Waals surface area contributed by atoms with E-state index in [1.807, 2.05) is 65.2 Å². The van der Waals surface area contributed by atoms with Crippen molar-refractivity contribution < 1.29 is 9.53 Å². The van der Waals surface area contributed by atoms with Gasteiger partial charge in [-0.3, -0.25) is 4.79 Å². The fourth-order valence-electron chi connectivity index (χ4n) is 4.70. The third-order valence-corrected chi connectivity index (χ3v) is 6.45. The molecule has 6 heteroatoms. The molecule has 0 spiro atoms. The molecule has 0 unspecified atom stereocenters. The molecular formula is C27H28N4O2. The van der Waals surface area contributed by atoms with Crippen LogP contribution in [0.5, 0.6) is 5.75 Å². The SMILES string of the molecule is COc1cc(C=C2CCCN([C@@H](C)c3c[nH]c4ccccc34)C2=O)ccc1-n1cnc(C)c1. The van der Waals surface area contributed by atoms with Crippen molar-refractivity contribution in [2.75, 3.05) is 13.7 Å². The van der Waals surface area contributed by atoms with Gasteiger partial charge in [-0.1, -0.05) is 24.3 Å². The summed E-state index contributed by atoms with van der Waals surface area (Å²) in [6, 6.07) is 14.2. The first kappa shape index (κ1) is 21.1. The molecule has 3 heterocycles. The van der Waals surface area contributed by atoms with Crippen LogP contribution in [0, 0.1) is 6.92 Å². The van der Waals surface area contributed by atoms with E-state index in [-0.39, 0.29) is 11.9 Å². The van der Waals surface area contributed by atoms with Crippen molar-refractivity contribution in [2.45, 2.75) is 32.7 Å². The van der Waals surface area contributed by atoms with Crippen LogP contribution in [0.15, 0.2) is 66.8 Å². The summed E-state index contributed by atoms with van der Waals surface area (Å²) < 4.78 is 7.58. The molecule has 33 heavy (non-hydrogen) atoms. The molecule has 1 fully saturated rings. The number of rotatable bonds is 5. The second kappa shape index (κ2) is 8.62. The highest BCUT2D eigenvalue weighted by Crippen LogP contribution is 2.33. The van der Waals surface area contributed by atoms with Crippen LogP contribution >= 0.6 is 0 Å². The predicted molar refractivity (Wildman–Crippen MR) is 130 cm³/mol.